The molecule has 0 bridgehead atoms. The maximum absolute atomic E-state index is 15.0. The van der Waals surface area contributed by atoms with Gasteiger partial charge in [0, 0.05) is 61.2 Å². The third kappa shape index (κ3) is 3.06. The summed E-state index contributed by atoms with van der Waals surface area (Å²) in [6, 6.07) is 11.3. The van der Waals surface area contributed by atoms with Crippen LogP contribution in [0, 0.1) is 5.82 Å². The molecule has 6 rings (SSSR count). The van der Waals surface area contributed by atoms with E-state index in [4.69, 9.17) is 4.74 Å². The van der Waals surface area contributed by atoms with Gasteiger partial charge in [0.05, 0.1) is 18.9 Å². The summed E-state index contributed by atoms with van der Waals surface area (Å²) in [5.74, 6) is 0.0640. The van der Waals surface area contributed by atoms with E-state index in [1.807, 2.05) is 39.6 Å². The number of carbonyl (C=O) groups excluding carboxylic acids is 1. The van der Waals surface area contributed by atoms with Gasteiger partial charge >= 0.3 is 0 Å². The quantitative estimate of drug-likeness (QED) is 0.497. The van der Waals surface area contributed by atoms with E-state index in [2.05, 4.69) is 15.0 Å². The summed E-state index contributed by atoms with van der Waals surface area (Å²) in [4.78, 5) is 28.0. The second kappa shape index (κ2) is 7.49. The first-order valence-electron chi connectivity index (χ1n) is 10.6. The Kier molecular flexibility index (Phi) is 4.46. The lowest BCUT2D eigenvalue weighted by atomic mass is 9.97. The number of imidazole rings is 1. The number of ether oxygens (including phenoxy) is 1. The van der Waals surface area contributed by atoms with Crippen LogP contribution >= 0.6 is 0 Å². The average molecular weight is 429 g/mol. The van der Waals surface area contributed by atoms with Gasteiger partial charge in [0.15, 0.2) is 5.78 Å². The molecule has 1 aliphatic carbocycles. The minimum atomic E-state index is -0.424. The van der Waals surface area contributed by atoms with E-state index in [1.54, 1.807) is 18.6 Å². The fourth-order valence-electron chi connectivity index (χ4n) is 4.56. The van der Waals surface area contributed by atoms with Gasteiger partial charge in [-0.1, -0.05) is 30.3 Å². The second-order valence-corrected chi connectivity index (χ2v) is 8.07. The lowest BCUT2D eigenvalue weighted by molar-refractivity contribution is 0.0987. The number of Topliss-reactive ketones (excluding diaryl/α,β-unsaturated/α-hetero) is 1. The van der Waals surface area contributed by atoms with E-state index in [-0.39, 0.29) is 11.7 Å². The maximum Gasteiger partial charge on any atom is 0.225 e. The van der Waals surface area contributed by atoms with E-state index in [0.29, 0.717) is 48.1 Å². The lowest BCUT2D eigenvalue weighted by Crippen LogP contribution is -2.37. The van der Waals surface area contributed by atoms with Gasteiger partial charge in [-0.15, -0.1) is 0 Å². The SMILES string of the molecule is O=C1C[C@H](c2ccccc2)c2c1nc1cc(F)c(-c3cnc(N4CCOCC4)nc3)cn21. The first-order chi connectivity index (χ1) is 15.7. The van der Waals surface area contributed by atoms with Crippen molar-refractivity contribution in [3.05, 3.63) is 77.8 Å². The fourth-order valence-corrected chi connectivity index (χ4v) is 4.56. The fraction of sp³-hybridized carbons (Fsp3) is 0.250. The number of ketones is 1. The molecule has 1 aromatic carbocycles. The van der Waals surface area contributed by atoms with E-state index in [1.165, 1.54) is 6.07 Å². The van der Waals surface area contributed by atoms with Crippen LogP contribution in [0.15, 0.2) is 55.0 Å². The number of benzene rings is 1. The standard InChI is InChI=1S/C24H20FN5O2/c25-19-11-21-28-22-20(31)10-17(15-4-2-1-3-5-15)23(22)30(21)14-18(19)16-12-26-24(27-13-16)29-6-8-32-9-7-29/h1-5,11-14,17H,6-10H2/t17-/m1/s1. The van der Waals surface area contributed by atoms with Crippen LogP contribution < -0.4 is 4.90 Å². The Balaban J connectivity index is 1.43. The minimum Gasteiger partial charge on any atom is -0.378 e. The zero-order chi connectivity index (χ0) is 21.7. The molecular formula is C24H20FN5O2. The van der Waals surface area contributed by atoms with Crippen LogP contribution in [0.3, 0.4) is 0 Å². The molecule has 7 nitrogen and oxygen atoms in total. The third-order valence-corrected chi connectivity index (χ3v) is 6.18. The number of rotatable bonds is 3. The molecule has 0 unspecified atom stereocenters. The zero-order valence-electron chi connectivity index (χ0n) is 17.2. The lowest BCUT2D eigenvalue weighted by Gasteiger charge is -2.26. The predicted molar refractivity (Wildman–Crippen MR) is 116 cm³/mol. The van der Waals surface area contributed by atoms with Crippen molar-refractivity contribution in [1.82, 2.24) is 19.4 Å². The van der Waals surface area contributed by atoms with Gasteiger partial charge in [-0.2, -0.15) is 0 Å². The molecule has 4 heterocycles. The van der Waals surface area contributed by atoms with Crippen LogP contribution in [0.25, 0.3) is 16.8 Å². The molecule has 32 heavy (non-hydrogen) atoms. The minimum absolute atomic E-state index is 0.0160. The van der Waals surface area contributed by atoms with Gasteiger partial charge in [-0.3, -0.25) is 4.79 Å². The van der Waals surface area contributed by atoms with Gasteiger partial charge in [-0.25, -0.2) is 19.3 Å². The number of nitrogens with zero attached hydrogens (tertiary/aromatic N) is 5. The molecule has 0 radical (unpaired) electrons. The van der Waals surface area contributed by atoms with E-state index in [0.717, 1.165) is 24.3 Å². The summed E-state index contributed by atoms with van der Waals surface area (Å²) in [5.41, 5.74) is 3.65. The van der Waals surface area contributed by atoms with Gasteiger partial charge in [0.25, 0.3) is 0 Å². The first kappa shape index (κ1) is 19.1. The molecule has 8 heteroatoms. The van der Waals surface area contributed by atoms with E-state index >= 15 is 4.39 Å². The van der Waals surface area contributed by atoms with E-state index < -0.39 is 5.82 Å². The van der Waals surface area contributed by atoms with Crippen LogP contribution in [0.4, 0.5) is 10.3 Å². The molecule has 1 atom stereocenters. The Hall–Kier alpha value is -3.65. The largest absolute Gasteiger partial charge is 0.378 e. The highest BCUT2D eigenvalue weighted by molar-refractivity contribution is 6.00. The van der Waals surface area contributed by atoms with E-state index in [9.17, 15) is 4.79 Å². The molecule has 4 aromatic rings. The van der Waals surface area contributed by atoms with Gasteiger partial charge in [-0.05, 0) is 5.56 Å². The van der Waals surface area contributed by atoms with Crippen LogP contribution in [0.5, 0.6) is 0 Å². The van der Waals surface area contributed by atoms with Crippen LogP contribution in [-0.2, 0) is 4.74 Å². The van der Waals surface area contributed by atoms with Gasteiger partial charge in [0.2, 0.25) is 5.95 Å². The Morgan fingerprint density at radius 1 is 1.06 bits per heavy atom. The number of hydrogen-bond acceptors (Lipinski definition) is 6. The number of carbonyl (C=O) groups is 1. The Bertz CT molecular complexity index is 1310. The number of pyridine rings is 1. The highest BCUT2D eigenvalue weighted by Crippen LogP contribution is 2.39. The van der Waals surface area contributed by atoms with Crippen LogP contribution in [0.1, 0.15) is 34.1 Å². The molecule has 0 spiro atoms. The molecule has 0 amide bonds. The van der Waals surface area contributed by atoms with Crippen molar-refractivity contribution in [3.63, 3.8) is 0 Å². The predicted octanol–water partition coefficient (Wildman–Crippen LogP) is 3.49. The number of halogens is 1. The summed E-state index contributed by atoms with van der Waals surface area (Å²) in [7, 11) is 0. The summed E-state index contributed by atoms with van der Waals surface area (Å²) in [6.45, 7) is 2.75. The number of anilines is 1. The van der Waals surface area contributed by atoms with Crippen molar-refractivity contribution in [2.75, 3.05) is 31.2 Å². The zero-order valence-corrected chi connectivity index (χ0v) is 17.2. The summed E-state index contributed by atoms with van der Waals surface area (Å²) < 4.78 is 22.2. The second-order valence-electron chi connectivity index (χ2n) is 8.07. The van der Waals surface area contributed by atoms with Gasteiger partial charge in [0.1, 0.15) is 17.2 Å². The molecule has 0 N–H and O–H groups in total. The van der Waals surface area contributed by atoms with Crippen molar-refractivity contribution in [2.24, 2.45) is 0 Å². The maximum atomic E-state index is 15.0. The summed E-state index contributed by atoms with van der Waals surface area (Å²) in [6.07, 6.45) is 5.35. The average Bonchev–Trinajstić information content (AvgIpc) is 3.36. The van der Waals surface area contributed by atoms with Crippen molar-refractivity contribution in [2.45, 2.75) is 12.3 Å². The first-order valence-corrected chi connectivity index (χ1v) is 10.6. The smallest absolute Gasteiger partial charge is 0.225 e. The number of morpholine rings is 1. The number of fused-ring (bicyclic) bond motifs is 3. The third-order valence-electron chi connectivity index (χ3n) is 6.18. The Morgan fingerprint density at radius 3 is 2.56 bits per heavy atom. The molecule has 2 aliphatic rings. The monoisotopic (exact) mass is 429 g/mol. The van der Waals surface area contributed by atoms with Crippen LogP contribution in [-0.4, -0.2) is 51.4 Å². The molecule has 1 aliphatic heterocycles. The molecule has 0 saturated carbocycles. The normalized spacial score (nSPS) is 18.3. The van der Waals surface area contributed by atoms with Crippen molar-refractivity contribution < 1.29 is 13.9 Å². The topological polar surface area (TPSA) is 72.6 Å². The molecule has 1 fully saturated rings. The molecule has 3 aromatic heterocycles. The highest BCUT2D eigenvalue weighted by atomic mass is 19.1. The Morgan fingerprint density at radius 2 is 1.81 bits per heavy atom. The van der Waals surface area contributed by atoms with Gasteiger partial charge < -0.3 is 14.0 Å². The number of hydrogen-bond donors (Lipinski definition) is 0. The molecule has 1 saturated heterocycles. The van der Waals surface area contributed by atoms with Crippen LogP contribution in [0.2, 0.25) is 0 Å². The summed E-state index contributed by atoms with van der Waals surface area (Å²) >= 11 is 0. The van der Waals surface area contributed by atoms with Crippen molar-refractivity contribution in [3.8, 4) is 11.1 Å². The van der Waals surface area contributed by atoms with Crippen molar-refractivity contribution in [1.29, 1.82) is 0 Å². The Labute approximate surface area is 183 Å². The number of aromatic nitrogens is 4. The molecular weight excluding hydrogens is 409 g/mol. The van der Waals surface area contributed by atoms with Crippen molar-refractivity contribution >= 4 is 17.4 Å². The highest BCUT2D eigenvalue weighted by Gasteiger charge is 2.35. The molecule has 160 valence electrons. The summed E-state index contributed by atoms with van der Waals surface area (Å²) in [5, 5.41) is 0.